The normalized spacial score (nSPS) is 14.8. The molecule has 0 radical (unpaired) electrons. The van der Waals surface area contributed by atoms with Crippen LogP contribution in [0.2, 0.25) is 0 Å². The molecule has 4 heteroatoms. The number of rotatable bonds is 0. The fourth-order valence-corrected chi connectivity index (χ4v) is 1.91. The largest absolute Gasteiger partial charge is 0.443 e. The van der Waals surface area contributed by atoms with Crippen molar-refractivity contribution in [1.29, 1.82) is 0 Å². The summed E-state index contributed by atoms with van der Waals surface area (Å²) in [5, 5.41) is 0. The molecule has 0 spiro atoms. The Kier molecular flexibility index (Phi) is 3.60. The highest BCUT2D eigenvalue weighted by Crippen LogP contribution is 2.19. The van der Waals surface area contributed by atoms with E-state index in [-0.39, 0.29) is 11.9 Å². The number of halogens is 1. The van der Waals surface area contributed by atoms with Crippen LogP contribution in [0.25, 0.3) is 6.08 Å². The molecule has 0 saturated heterocycles. The molecule has 1 amide bonds. The van der Waals surface area contributed by atoms with Gasteiger partial charge in [-0.25, -0.2) is 9.18 Å². The van der Waals surface area contributed by atoms with Gasteiger partial charge in [-0.05, 0) is 56.5 Å². The Hall–Kier alpha value is -1.84. The third kappa shape index (κ3) is 3.56. The second-order valence-electron chi connectivity index (χ2n) is 5.58. The lowest BCUT2D eigenvalue weighted by atomic mass is 10.1. The summed E-state index contributed by atoms with van der Waals surface area (Å²) < 4.78 is 18.5. The number of ether oxygens (including phenoxy) is 1. The SMILES string of the molecule is CC(C)(C)OC(=O)N1C=Cc2ccc(F)cc2CC1. The summed E-state index contributed by atoms with van der Waals surface area (Å²) in [6, 6.07) is 4.66. The molecule has 0 saturated carbocycles. The predicted molar refractivity (Wildman–Crippen MR) is 72.1 cm³/mol. The van der Waals surface area contributed by atoms with Gasteiger partial charge in [-0.1, -0.05) is 6.07 Å². The number of hydrogen-bond acceptors (Lipinski definition) is 2. The quantitative estimate of drug-likeness (QED) is 0.716. The Bertz CT molecular complexity index is 517. The Labute approximate surface area is 112 Å². The van der Waals surface area contributed by atoms with Gasteiger partial charge in [0, 0.05) is 12.7 Å². The zero-order valence-electron chi connectivity index (χ0n) is 11.4. The molecule has 0 unspecified atom stereocenters. The minimum absolute atomic E-state index is 0.252. The van der Waals surface area contributed by atoms with E-state index in [0.29, 0.717) is 13.0 Å². The van der Waals surface area contributed by atoms with Crippen LogP contribution in [0.15, 0.2) is 24.4 Å². The Morgan fingerprint density at radius 1 is 1.37 bits per heavy atom. The third-order valence-corrected chi connectivity index (χ3v) is 2.79. The van der Waals surface area contributed by atoms with Crippen LogP contribution in [0.4, 0.5) is 9.18 Å². The van der Waals surface area contributed by atoms with Crippen LogP contribution in [0, 0.1) is 5.82 Å². The first-order chi connectivity index (χ1) is 8.85. The van der Waals surface area contributed by atoms with Crippen LogP contribution in [0.5, 0.6) is 0 Å². The molecule has 0 fully saturated rings. The maximum absolute atomic E-state index is 13.2. The highest BCUT2D eigenvalue weighted by atomic mass is 19.1. The predicted octanol–water partition coefficient (Wildman–Crippen LogP) is 3.59. The third-order valence-electron chi connectivity index (χ3n) is 2.79. The molecule has 2 rings (SSSR count). The van der Waals surface area contributed by atoms with Crippen molar-refractivity contribution in [3.05, 3.63) is 41.3 Å². The van der Waals surface area contributed by atoms with Gasteiger partial charge in [-0.3, -0.25) is 4.90 Å². The second kappa shape index (κ2) is 5.03. The molecule has 1 aliphatic heterocycles. The van der Waals surface area contributed by atoms with E-state index in [4.69, 9.17) is 4.74 Å². The Morgan fingerprint density at radius 3 is 2.79 bits per heavy atom. The van der Waals surface area contributed by atoms with Crippen molar-refractivity contribution in [3.8, 4) is 0 Å². The lowest BCUT2D eigenvalue weighted by Gasteiger charge is -2.24. The molecule has 0 atom stereocenters. The number of carbonyl (C=O) groups is 1. The van der Waals surface area contributed by atoms with Gasteiger partial charge < -0.3 is 4.74 Å². The van der Waals surface area contributed by atoms with Crippen molar-refractivity contribution in [2.75, 3.05) is 6.54 Å². The van der Waals surface area contributed by atoms with Crippen molar-refractivity contribution < 1.29 is 13.9 Å². The van der Waals surface area contributed by atoms with Crippen molar-refractivity contribution >= 4 is 12.2 Å². The summed E-state index contributed by atoms with van der Waals surface area (Å²) in [5.74, 6) is -0.252. The lowest BCUT2D eigenvalue weighted by molar-refractivity contribution is 0.0339. The van der Waals surface area contributed by atoms with Crippen molar-refractivity contribution in [2.45, 2.75) is 32.8 Å². The number of benzene rings is 1. The molecule has 0 aliphatic carbocycles. The van der Waals surface area contributed by atoms with Gasteiger partial charge in [0.25, 0.3) is 0 Å². The van der Waals surface area contributed by atoms with Gasteiger partial charge in [-0.15, -0.1) is 0 Å². The molecule has 1 heterocycles. The standard InChI is InChI=1S/C15H18FNO2/c1-15(2,3)19-14(18)17-8-6-11-4-5-13(16)10-12(11)7-9-17/h4-6,8,10H,7,9H2,1-3H3. The van der Waals surface area contributed by atoms with E-state index >= 15 is 0 Å². The van der Waals surface area contributed by atoms with E-state index in [1.807, 2.05) is 26.8 Å². The molecule has 102 valence electrons. The Balaban J connectivity index is 2.13. The van der Waals surface area contributed by atoms with Crippen LogP contribution in [-0.2, 0) is 11.2 Å². The zero-order valence-corrected chi connectivity index (χ0v) is 11.4. The summed E-state index contributed by atoms with van der Waals surface area (Å²) in [5.41, 5.74) is 1.32. The minimum atomic E-state index is -0.518. The van der Waals surface area contributed by atoms with E-state index < -0.39 is 5.60 Å². The summed E-state index contributed by atoms with van der Waals surface area (Å²) in [4.78, 5) is 13.5. The number of nitrogens with zero attached hydrogens (tertiary/aromatic N) is 1. The fourth-order valence-electron chi connectivity index (χ4n) is 1.91. The van der Waals surface area contributed by atoms with Gasteiger partial charge in [-0.2, -0.15) is 0 Å². The maximum Gasteiger partial charge on any atom is 0.414 e. The first-order valence-corrected chi connectivity index (χ1v) is 6.31. The first kappa shape index (κ1) is 13.6. The van der Waals surface area contributed by atoms with Crippen LogP contribution in [-0.4, -0.2) is 23.1 Å². The average Bonchev–Trinajstić information content (AvgIpc) is 2.48. The molecule has 0 N–H and O–H groups in total. The number of amides is 1. The van der Waals surface area contributed by atoms with Crippen LogP contribution < -0.4 is 0 Å². The van der Waals surface area contributed by atoms with Crippen molar-refractivity contribution in [3.63, 3.8) is 0 Å². The van der Waals surface area contributed by atoms with E-state index in [1.54, 1.807) is 12.3 Å². The van der Waals surface area contributed by atoms with Gasteiger partial charge in [0.1, 0.15) is 11.4 Å². The number of fused-ring (bicyclic) bond motifs is 1. The minimum Gasteiger partial charge on any atom is -0.443 e. The van der Waals surface area contributed by atoms with Gasteiger partial charge >= 0.3 is 6.09 Å². The highest BCUT2D eigenvalue weighted by Gasteiger charge is 2.22. The summed E-state index contributed by atoms with van der Waals surface area (Å²) >= 11 is 0. The molecule has 0 bridgehead atoms. The van der Waals surface area contributed by atoms with Gasteiger partial charge in [0.15, 0.2) is 0 Å². The summed E-state index contributed by atoms with van der Waals surface area (Å²) in [6.45, 7) is 5.98. The van der Waals surface area contributed by atoms with Crippen LogP contribution in [0.3, 0.4) is 0 Å². The fraction of sp³-hybridized carbons (Fsp3) is 0.400. The molecule has 3 nitrogen and oxygen atoms in total. The van der Waals surface area contributed by atoms with Crippen molar-refractivity contribution in [1.82, 2.24) is 4.90 Å². The van der Waals surface area contributed by atoms with E-state index in [2.05, 4.69) is 0 Å². The van der Waals surface area contributed by atoms with E-state index in [0.717, 1.165) is 11.1 Å². The average molecular weight is 263 g/mol. The Morgan fingerprint density at radius 2 is 2.11 bits per heavy atom. The first-order valence-electron chi connectivity index (χ1n) is 6.31. The van der Waals surface area contributed by atoms with Crippen LogP contribution in [0.1, 0.15) is 31.9 Å². The van der Waals surface area contributed by atoms with E-state index in [9.17, 15) is 9.18 Å². The maximum atomic E-state index is 13.2. The molecule has 1 aromatic carbocycles. The van der Waals surface area contributed by atoms with Crippen molar-refractivity contribution in [2.24, 2.45) is 0 Å². The molecular formula is C15H18FNO2. The molecule has 0 aromatic heterocycles. The number of hydrogen-bond donors (Lipinski definition) is 0. The molecule has 19 heavy (non-hydrogen) atoms. The summed E-state index contributed by atoms with van der Waals surface area (Å²) in [7, 11) is 0. The second-order valence-corrected chi connectivity index (χ2v) is 5.58. The molecular weight excluding hydrogens is 245 g/mol. The van der Waals surface area contributed by atoms with Gasteiger partial charge in [0.2, 0.25) is 0 Å². The van der Waals surface area contributed by atoms with Crippen LogP contribution >= 0.6 is 0 Å². The zero-order chi connectivity index (χ0) is 14.0. The summed E-state index contributed by atoms with van der Waals surface area (Å²) in [6.07, 6.45) is 3.74. The number of carbonyl (C=O) groups excluding carboxylic acids is 1. The van der Waals surface area contributed by atoms with Gasteiger partial charge in [0.05, 0.1) is 0 Å². The molecule has 1 aliphatic rings. The molecule has 1 aromatic rings. The highest BCUT2D eigenvalue weighted by molar-refractivity contribution is 5.71. The monoisotopic (exact) mass is 263 g/mol. The topological polar surface area (TPSA) is 29.5 Å². The van der Waals surface area contributed by atoms with E-state index in [1.165, 1.54) is 17.0 Å². The smallest absolute Gasteiger partial charge is 0.414 e. The lowest BCUT2D eigenvalue weighted by Crippen LogP contribution is -2.34.